The minimum absolute atomic E-state index is 0.0232. The van der Waals surface area contributed by atoms with Gasteiger partial charge in [-0.15, -0.1) is 11.8 Å². The van der Waals surface area contributed by atoms with Gasteiger partial charge < -0.3 is 10.1 Å². The van der Waals surface area contributed by atoms with Crippen LogP contribution in [0.1, 0.15) is 36.1 Å². The Morgan fingerprint density at radius 1 is 1.00 bits per heavy atom. The molecule has 0 aliphatic carbocycles. The van der Waals surface area contributed by atoms with Gasteiger partial charge in [-0.3, -0.25) is 4.79 Å². The molecule has 3 aromatic carbocycles. The highest BCUT2D eigenvalue weighted by atomic mass is 32.2. The van der Waals surface area contributed by atoms with Crippen molar-refractivity contribution in [2.24, 2.45) is 0 Å². The summed E-state index contributed by atoms with van der Waals surface area (Å²) in [5.74, 6) is 1.95. The number of carbonyl (C=O) groups excluding carboxylic acids is 1. The van der Waals surface area contributed by atoms with Gasteiger partial charge in [-0.1, -0.05) is 74.0 Å². The predicted molar refractivity (Wildman–Crippen MR) is 139 cm³/mol. The van der Waals surface area contributed by atoms with E-state index in [9.17, 15) is 4.79 Å². The Morgan fingerprint density at radius 3 is 2.41 bits per heavy atom. The number of hydrogen-bond donors (Lipinski definition) is 1. The first-order valence-electron chi connectivity index (χ1n) is 11.6. The first-order chi connectivity index (χ1) is 16.7. The molecule has 0 saturated heterocycles. The maximum atomic E-state index is 12.8. The van der Waals surface area contributed by atoms with Crippen LogP contribution in [0.15, 0.2) is 84.9 Å². The number of unbranched alkanes of at least 4 members (excludes halogenated alkanes) is 1. The van der Waals surface area contributed by atoms with Crippen LogP contribution in [0.5, 0.6) is 5.75 Å². The summed E-state index contributed by atoms with van der Waals surface area (Å²) in [6.07, 6.45) is 2.14. The molecule has 1 aromatic heterocycles. The van der Waals surface area contributed by atoms with Crippen molar-refractivity contribution >= 4 is 23.5 Å². The normalized spacial score (nSPS) is 15.3. The molecular weight excluding hydrogens is 442 g/mol. The molecule has 1 unspecified atom stereocenters. The summed E-state index contributed by atoms with van der Waals surface area (Å²) >= 11 is 1.63. The fourth-order valence-electron chi connectivity index (χ4n) is 4.11. The van der Waals surface area contributed by atoms with Gasteiger partial charge in [0.1, 0.15) is 11.6 Å². The number of hydrogen-bond acceptors (Lipinski definition) is 4. The topological polar surface area (TPSA) is 56.1 Å². The number of rotatable bonds is 7. The summed E-state index contributed by atoms with van der Waals surface area (Å²) in [7, 11) is 0. The molecule has 2 heterocycles. The second kappa shape index (κ2) is 10.2. The van der Waals surface area contributed by atoms with Crippen molar-refractivity contribution in [3.63, 3.8) is 0 Å². The molecule has 0 spiro atoms. The van der Waals surface area contributed by atoms with Crippen molar-refractivity contribution in [2.45, 2.75) is 25.0 Å². The number of thioether (sulfide) groups is 1. The van der Waals surface area contributed by atoms with E-state index in [-0.39, 0.29) is 11.2 Å². The lowest BCUT2D eigenvalue weighted by Crippen LogP contribution is -2.15. The Balaban J connectivity index is 1.63. The Labute approximate surface area is 204 Å². The van der Waals surface area contributed by atoms with E-state index >= 15 is 0 Å². The van der Waals surface area contributed by atoms with Crippen molar-refractivity contribution in [3.8, 4) is 22.7 Å². The zero-order valence-corrected chi connectivity index (χ0v) is 19.9. The number of ether oxygens (including phenoxy) is 1. The maximum Gasteiger partial charge on any atom is 0.235 e. The number of benzene rings is 3. The number of fused-ring (bicyclic) bond motifs is 1. The van der Waals surface area contributed by atoms with E-state index in [1.165, 1.54) is 0 Å². The van der Waals surface area contributed by atoms with E-state index in [1.807, 2.05) is 65.3 Å². The second-order valence-electron chi connectivity index (χ2n) is 8.23. The summed E-state index contributed by atoms with van der Waals surface area (Å²) in [6.45, 7) is 2.88. The van der Waals surface area contributed by atoms with E-state index in [0.29, 0.717) is 5.75 Å². The molecular formula is C28H27N3O2S. The monoisotopic (exact) mass is 469 g/mol. The number of amides is 1. The molecule has 5 nitrogen and oxygen atoms in total. The van der Waals surface area contributed by atoms with Crippen LogP contribution in [-0.2, 0) is 4.79 Å². The molecule has 6 heteroatoms. The van der Waals surface area contributed by atoms with Gasteiger partial charge in [-0.05, 0) is 36.2 Å². The quantitative estimate of drug-likeness (QED) is 0.314. The zero-order chi connectivity index (χ0) is 23.3. The first kappa shape index (κ1) is 22.3. The van der Waals surface area contributed by atoms with Gasteiger partial charge in [-0.25, -0.2) is 4.68 Å². The van der Waals surface area contributed by atoms with Crippen LogP contribution in [0, 0.1) is 0 Å². The largest absolute Gasteiger partial charge is 0.494 e. The summed E-state index contributed by atoms with van der Waals surface area (Å²) < 4.78 is 7.72. The van der Waals surface area contributed by atoms with Crippen molar-refractivity contribution in [1.82, 2.24) is 9.78 Å². The SMILES string of the molecule is CCCCOc1ccc(C2SCC(=O)Nc3c2c(-c2ccccc2)nn3-c2ccccc2)cc1. The maximum absolute atomic E-state index is 12.8. The highest BCUT2D eigenvalue weighted by molar-refractivity contribution is 8.00. The lowest BCUT2D eigenvalue weighted by molar-refractivity contribution is -0.113. The number of aromatic nitrogens is 2. The smallest absolute Gasteiger partial charge is 0.235 e. The van der Waals surface area contributed by atoms with Crippen molar-refractivity contribution in [2.75, 3.05) is 17.7 Å². The van der Waals surface area contributed by atoms with Crippen LogP contribution in [0.25, 0.3) is 16.9 Å². The van der Waals surface area contributed by atoms with Crippen LogP contribution in [0.3, 0.4) is 0 Å². The fourth-order valence-corrected chi connectivity index (χ4v) is 5.24. The lowest BCUT2D eigenvalue weighted by atomic mass is 10.00. The van der Waals surface area contributed by atoms with Crippen LogP contribution >= 0.6 is 11.8 Å². The third kappa shape index (κ3) is 4.59. The Morgan fingerprint density at radius 2 is 1.71 bits per heavy atom. The van der Waals surface area contributed by atoms with E-state index in [2.05, 4.69) is 36.5 Å². The number of para-hydroxylation sites is 1. The van der Waals surface area contributed by atoms with E-state index in [0.717, 1.165) is 59.1 Å². The first-order valence-corrected chi connectivity index (χ1v) is 12.7. The van der Waals surface area contributed by atoms with Gasteiger partial charge in [0.05, 0.1) is 29.0 Å². The predicted octanol–water partition coefficient (Wildman–Crippen LogP) is 6.49. The third-order valence-corrected chi connectivity index (χ3v) is 7.09. The molecule has 0 saturated carbocycles. The number of nitrogens with one attached hydrogen (secondary N) is 1. The van der Waals surface area contributed by atoms with Crippen LogP contribution in [-0.4, -0.2) is 28.0 Å². The third-order valence-electron chi connectivity index (χ3n) is 5.82. The molecule has 172 valence electrons. The minimum Gasteiger partial charge on any atom is -0.494 e. The van der Waals surface area contributed by atoms with Crippen LogP contribution in [0.4, 0.5) is 5.82 Å². The fraction of sp³-hybridized carbons (Fsp3) is 0.214. The molecule has 1 amide bonds. The molecule has 0 fully saturated rings. The Kier molecular flexibility index (Phi) is 6.67. The van der Waals surface area contributed by atoms with E-state index in [4.69, 9.17) is 9.84 Å². The molecule has 1 atom stereocenters. The van der Waals surface area contributed by atoms with Gasteiger partial charge in [0, 0.05) is 11.1 Å². The van der Waals surface area contributed by atoms with Gasteiger partial charge in [0.2, 0.25) is 5.91 Å². The minimum atomic E-state index is -0.0497. The van der Waals surface area contributed by atoms with Crippen molar-refractivity contribution in [3.05, 3.63) is 96.1 Å². The molecule has 0 radical (unpaired) electrons. The summed E-state index contributed by atoms with van der Waals surface area (Å²) in [5, 5.41) is 8.11. The van der Waals surface area contributed by atoms with E-state index in [1.54, 1.807) is 11.8 Å². The average molecular weight is 470 g/mol. The summed E-state index contributed by atoms with van der Waals surface area (Å²) in [4.78, 5) is 12.8. The molecule has 1 aliphatic heterocycles. The highest BCUT2D eigenvalue weighted by Gasteiger charge is 2.32. The summed E-state index contributed by atoms with van der Waals surface area (Å²) in [6, 6.07) is 28.4. The van der Waals surface area contributed by atoms with Crippen molar-refractivity contribution in [1.29, 1.82) is 0 Å². The Hall–Kier alpha value is -3.51. The van der Waals surface area contributed by atoms with Crippen molar-refractivity contribution < 1.29 is 9.53 Å². The molecule has 0 bridgehead atoms. The molecule has 4 aromatic rings. The molecule has 5 rings (SSSR count). The number of anilines is 1. The highest BCUT2D eigenvalue weighted by Crippen LogP contribution is 2.47. The number of nitrogens with zero attached hydrogens (tertiary/aromatic N) is 2. The van der Waals surface area contributed by atoms with Gasteiger partial charge in [0.25, 0.3) is 0 Å². The average Bonchev–Trinajstić information content (AvgIpc) is 3.16. The van der Waals surface area contributed by atoms with Crippen LogP contribution in [0.2, 0.25) is 0 Å². The molecule has 1 aliphatic rings. The van der Waals surface area contributed by atoms with Gasteiger partial charge in [-0.2, -0.15) is 5.10 Å². The molecule has 1 N–H and O–H groups in total. The standard InChI is InChI=1S/C28H27N3O2S/c1-2-3-18-33-23-16-14-21(15-17-23)27-25-26(20-10-6-4-7-11-20)30-31(22-12-8-5-9-13-22)28(25)29-24(32)19-34-27/h4-17,27H,2-3,18-19H2,1H3,(H,29,32). The second-order valence-corrected chi connectivity index (χ2v) is 9.33. The number of carbonyl (C=O) groups is 1. The van der Waals surface area contributed by atoms with Crippen LogP contribution < -0.4 is 10.1 Å². The van der Waals surface area contributed by atoms with Gasteiger partial charge in [0.15, 0.2) is 0 Å². The van der Waals surface area contributed by atoms with Gasteiger partial charge >= 0.3 is 0 Å². The lowest BCUT2D eigenvalue weighted by Gasteiger charge is -2.17. The summed E-state index contributed by atoms with van der Waals surface area (Å²) in [5.41, 5.74) is 4.95. The van der Waals surface area contributed by atoms with E-state index < -0.39 is 0 Å². The molecule has 34 heavy (non-hydrogen) atoms. The zero-order valence-electron chi connectivity index (χ0n) is 19.1. The Bertz CT molecular complexity index is 1250.